The summed E-state index contributed by atoms with van der Waals surface area (Å²) in [4.78, 5) is 48.5. The van der Waals surface area contributed by atoms with E-state index in [2.05, 4.69) is 20.4 Å². The molecule has 1 saturated heterocycles. The standard InChI is InChI=1S/C20H23ClN8O5S6/c1-5(22)35-3-7-18(40-20(25-7)37-6(2)23)38-8-4-36-16-11(15(31)29(16)12(8)17(32)33)26-14(30)10(28-34)9-13(21)39-19(24)27-9/h5-6,11,16,34H,3-4,22-23H2,1-2H3,(H2,24,27)(H,26,30)(H,32,33)/b28-10-/t5?,6?,11-,16-/m1/s1. The quantitative estimate of drug-likeness (QED) is 0.0500. The molecule has 0 bridgehead atoms. The topological polar surface area (TPSA) is 223 Å². The van der Waals surface area contributed by atoms with Gasteiger partial charge in [0.2, 0.25) is 0 Å². The smallest absolute Gasteiger partial charge is 0.353 e. The van der Waals surface area contributed by atoms with Crippen molar-refractivity contribution in [3.63, 3.8) is 0 Å². The molecule has 2 aromatic rings. The maximum atomic E-state index is 13.1. The number of thioether (sulfide) groups is 4. The minimum atomic E-state index is -1.27. The van der Waals surface area contributed by atoms with Crippen LogP contribution in [0, 0.1) is 0 Å². The van der Waals surface area contributed by atoms with Crippen LogP contribution in [0.2, 0.25) is 4.34 Å². The second-order valence-electron chi connectivity index (χ2n) is 8.22. The van der Waals surface area contributed by atoms with Gasteiger partial charge in [-0.2, -0.15) is 0 Å². The van der Waals surface area contributed by atoms with Gasteiger partial charge < -0.3 is 32.8 Å². The number of β-lactam (4-membered cyclic amide) rings is 1. The highest BCUT2D eigenvalue weighted by Gasteiger charge is 2.54. The number of carboxylic acid groups (broad SMARTS) is 1. The summed E-state index contributed by atoms with van der Waals surface area (Å²) in [6.07, 6.45) is 0. The first-order chi connectivity index (χ1) is 18.9. The molecule has 4 atom stereocenters. The summed E-state index contributed by atoms with van der Waals surface area (Å²) in [7, 11) is 0. The van der Waals surface area contributed by atoms with Crippen molar-refractivity contribution in [3.05, 3.63) is 26.3 Å². The summed E-state index contributed by atoms with van der Waals surface area (Å²) >= 11 is 13.8. The second kappa shape index (κ2) is 13.1. The van der Waals surface area contributed by atoms with E-state index in [0.717, 1.165) is 30.5 Å². The molecule has 4 heterocycles. The van der Waals surface area contributed by atoms with Crippen molar-refractivity contribution in [3.8, 4) is 0 Å². The molecule has 2 aromatic heterocycles. The fraction of sp³-hybridized carbons (Fsp3) is 0.400. The van der Waals surface area contributed by atoms with E-state index in [0.29, 0.717) is 10.7 Å². The molecular formula is C20H23ClN8O5S6. The van der Waals surface area contributed by atoms with E-state index < -0.39 is 34.9 Å². The first-order valence-corrected chi connectivity index (χ1v) is 17.0. The van der Waals surface area contributed by atoms with Crippen LogP contribution in [0.3, 0.4) is 0 Å². The molecule has 20 heteroatoms. The molecule has 2 unspecified atom stereocenters. The number of aromatic nitrogens is 2. The number of nitrogens with zero attached hydrogens (tertiary/aromatic N) is 4. The van der Waals surface area contributed by atoms with Gasteiger partial charge in [0.05, 0.1) is 15.3 Å². The second-order valence-corrected chi connectivity index (χ2v) is 16.3. The number of halogens is 1. The summed E-state index contributed by atoms with van der Waals surface area (Å²) < 4.78 is 1.59. The highest BCUT2D eigenvalue weighted by molar-refractivity contribution is 8.08. The molecule has 13 nitrogen and oxygen atoms in total. The van der Waals surface area contributed by atoms with Crippen molar-refractivity contribution in [2.45, 2.75) is 50.3 Å². The van der Waals surface area contributed by atoms with Crippen LogP contribution < -0.4 is 22.5 Å². The normalized spacial score (nSPS) is 20.7. The van der Waals surface area contributed by atoms with Gasteiger partial charge in [-0.05, 0) is 13.8 Å². The van der Waals surface area contributed by atoms with E-state index in [1.54, 1.807) is 0 Å². The van der Waals surface area contributed by atoms with Gasteiger partial charge >= 0.3 is 5.97 Å². The van der Waals surface area contributed by atoms with Gasteiger partial charge in [0, 0.05) is 21.8 Å². The molecule has 0 spiro atoms. The summed E-state index contributed by atoms with van der Waals surface area (Å²) in [6, 6.07) is -1.06. The van der Waals surface area contributed by atoms with Gasteiger partial charge in [-0.25, -0.2) is 14.8 Å². The molecule has 2 amide bonds. The van der Waals surface area contributed by atoms with Crippen molar-refractivity contribution in [2.24, 2.45) is 16.6 Å². The summed E-state index contributed by atoms with van der Waals surface area (Å²) in [5.41, 5.74) is 17.4. The number of amides is 2. The number of nitrogens with one attached hydrogen (secondary N) is 1. The molecule has 0 saturated carbocycles. The zero-order valence-corrected chi connectivity index (χ0v) is 26.3. The van der Waals surface area contributed by atoms with E-state index >= 15 is 0 Å². The lowest BCUT2D eigenvalue weighted by Crippen LogP contribution is -2.71. The fourth-order valence-corrected chi connectivity index (χ4v) is 10.5. The molecule has 0 aromatic carbocycles. The van der Waals surface area contributed by atoms with Crippen LogP contribution in [0.25, 0.3) is 0 Å². The zero-order valence-electron chi connectivity index (χ0n) is 20.7. The van der Waals surface area contributed by atoms with Crippen molar-refractivity contribution >= 4 is 110 Å². The molecular weight excluding hydrogens is 660 g/mol. The van der Waals surface area contributed by atoms with E-state index in [9.17, 15) is 24.7 Å². The van der Waals surface area contributed by atoms with Crippen LogP contribution in [0.15, 0.2) is 24.3 Å². The van der Waals surface area contributed by atoms with Crippen LogP contribution in [0.4, 0.5) is 5.13 Å². The summed E-state index contributed by atoms with van der Waals surface area (Å²) in [5, 5.41) is 24.0. The number of carbonyl (C=O) groups excluding carboxylic acids is 2. The SMILES string of the molecule is CC(N)SCc1nc(SC(C)N)sc1SC1=C(C(=O)O)N2C(=O)[C@@H](NC(=O)/C(=N\O)c3nc(N)sc3Cl)[C@H]2SC1. The number of carboxylic acids is 1. The van der Waals surface area contributed by atoms with E-state index in [1.165, 1.54) is 58.4 Å². The minimum Gasteiger partial charge on any atom is -0.477 e. The number of hydrogen-bond donors (Lipinski definition) is 6. The predicted molar refractivity (Wildman–Crippen MR) is 162 cm³/mol. The first-order valence-electron chi connectivity index (χ1n) is 11.2. The maximum absolute atomic E-state index is 13.1. The van der Waals surface area contributed by atoms with Crippen molar-refractivity contribution in [1.82, 2.24) is 20.2 Å². The number of aliphatic carboxylic acids is 1. The Bertz CT molecular complexity index is 1400. The van der Waals surface area contributed by atoms with Crippen molar-refractivity contribution in [1.29, 1.82) is 0 Å². The first kappa shape index (κ1) is 31.2. The maximum Gasteiger partial charge on any atom is 0.353 e. The number of rotatable bonds is 11. The Balaban J connectivity index is 1.55. The highest BCUT2D eigenvalue weighted by Crippen LogP contribution is 2.48. The molecule has 0 aliphatic carbocycles. The number of carbonyl (C=O) groups is 3. The van der Waals surface area contributed by atoms with E-state index in [1.807, 2.05) is 13.8 Å². The third-order valence-corrected chi connectivity index (χ3v) is 12.1. The molecule has 4 rings (SSSR count). The monoisotopic (exact) mass is 682 g/mol. The number of thiazole rings is 2. The molecule has 0 radical (unpaired) electrons. The highest BCUT2D eigenvalue weighted by atomic mass is 35.5. The predicted octanol–water partition coefficient (Wildman–Crippen LogP) is 2.44. The minimum absolute atomic E-state index is 0.0380. The molecule has 2 aliphatic heterocycles. The van der Waals surface area contributed by atoms with Crippen LogP contribution in [0.1, 0.15) is 25.2 Å². The molecule has 40 heavy (non-hydrogen) atoms. The summed E-state index contributed by atoms with van der Waals surface area (Å²) in [6.45, 7) is 3.71. The van der Waals surface area contributed by atoms with Crippen LogP contribution in [0.5, 0.6) is 0 Å². The van der Waals surface area contributed by atoms with Crippen LogP contribution in [-0.2, 0) is 20.1 Å². The summed E-state index contributed by atoms with van der Waals surface area (Å²) in [5.74, 6) is -1.99. The molecule has 216 valence electrons. The van der Waals surface area contributed by atoms with Crippen molar-refractivity contribution < 1.29 is 24.7 Å². The number of fused-ring (bicyclic) bond motifs is 1. The van der Waals surface area contributed by atoms with Gasteiger partial charge in [0.15, 0.2) is 15.2 Å². The van der Waals surface area contributed by atoms with Crippen LogP contribution in [-0.4, -0.2) is 76.6 Å². The number of anilines is 1. The van der Waals surface area contributed by atoms with Gasteiger partial charge in [0.1, 0.15) is 27.1 Å². The van der Waals surface area contributed by atoms with E-state index in [4.69, 9.17) is 28.8 Å². The molecule has 2 aliphatic rings. The Labute approximate surface area is 258 Å². The number of nitrogen functional groups attached to an aromatic ring is 1. The third-order valence-electron chi connectivity index (χ3n) is 5.19. The van der Waals surface area contributed by atoms with Gasteiger partial charge in [-0.3, -0.25) is 14.5 Å². The lowest BCUT2D eigenvalue weighted by Gasteiger charge is -2.49. The largest absolute Gasteiger partial charge is 0.477 e. The lowest BCUT2D eigenvalue weighted by atomic mass is 10.0. The Morgan fingerprint density at radius 1 is 1.27 bits per heavy atom. The number of hydrogen-bond acceptors (Lipinski definition) is 16. The van der Waals surface area contributed by atoms with Gasteiger partial charge in [0.25, 0.3) is 11.8 Å². The van der Waals surface area contributed by atoms with Crippen molar-refractivity contribution in [2.75, 3.05) is 11.5 Å². The third kappa shape index (κ3) is 6.67. The number of oxime groups is 1. The Morgan fingerprint density at radius 3 is 2.58 bits per heavy atom. The Kier molecular flexibility index (Phi) is 10.2. The van der Waals surface area contributed by atoms with Gasteiger partial charge in [-0.1, -0.05) is 51.6 Å². The molecule has 1 fully saturated rings. The van der Waals surface area contributed by atoms with E-state index in [-0.39, 0.29) is 37.4 Å². The lowest BCUT2D eigenvalue weighted by molar-refractivity contribution is -0.150. The van der Waals surface area contributed by atoms with Gasteiger partial charge in [-0.15, -0.1) is 34.9 Å². The fourth-order valence-electron chi connectivity index (χ4n) is 3.56. The van der Waals surface area contributed by atoms with Crippen LogP contribution >= 0.6 is 81.3 Å². The number of nitrogens with two attached hydrogens (primary N) is 3. The zero-order chi connectivity index (χ0) is 29.3. The average Bonchev–Trinajstić information content (AvgIpc) is 3.41. The molecule has 9 N–H and O–H groups in total. The Hall–Kier alpha value is -1.71. The average molecular weight is 683 g/mol. The Morgan fingerprint density at radius 2 is 2.00 bits per heavy atom.